The minimum absolute atomic E-state index is 0.256. The zero-order valence-corrected chi connectivity index (χ0v) is 18.4. The van der Waals surface area contributed by atoms with Crippen LogP contribution in [0.2, 0.25) is 0 Å². The van der Waals surface area contributed by atoms with E-state index in [0.717, 1.165) is 27.2 Å². The number of carbonyl (C=O) groups excluding carboxylic acids is 1. The van der Waals surface area contributed by atoms with E-state index in [0.29, 0.717) is 28.5 Å². The maximum absolute atomic E-state index is 13.3. The molecule has 5 aromatic rings. The molecule has 158 valence electrons. The Balaban J connectivity index is 1.48. The Bertz CT molecular complexity index is 1410. The third-order valence-corrected chi connectivity index (χ3v) is 6.01. The topological polar surface area (TPSA) is 85.6 Å². The number of benzene rings is 2. The van der Waals surface area contributed by atoms with E-state index in [2.05, 4.69) is 20.6 Å². The summed E-state index contributed by atoms with van der Waals surface area (Å²) in [6.07, 6.45) is 0.674. The van der Waals surface area contributed by atoms with Gasteiger partial charge in [-0.1, -0.05) is 72.0 Å². The minimum Gasteiger partial charge on any atom is -0.296 e. The SMILES string of the molecule is Cc1nn(C)c2nc(-c3ccccc3)cc(C(=O)Nc3nnc(Cc4ccccc4)s3)c12. The van der Waals surface area contributed by atoms with Gasteiger partial charge in [0, 0.05) is 19.0 Å². The average molecular weight is 441 g/mol. The molecule has 0 atom stereocenters. The summed E-state index contributed by atoms with van der Waals surface area (Å²) in [6.45, 7) is 1.88. The summed E-state index contributed by atoms with van der Waals surface area (Å²) in [5.41, 5.74) is 4.73. The lowest BCUT2D eigenvalue weighted by Gasteiger charge is -2.08. The van der Waals surface area contributed by atoms with Gasteiger partial charge in [-0.3, -0.25) is 14.8 Å². The van der Waals surface area contributed by atoms with Gasteiger partial charge < -0.3 is 0 Å². The first-order valence-corrected chi connectivity index (χ1v) is 11.0. The fraction of sp³-hybridized carbons (Fsp3) is 0.125. The van der Waals surface area contributed by atoms with E-state index in [1.807, 2.05) is 80.7 Å². The predicted molar refractivity (Wildman–Crippen MR) is 126 cm³/mol. The van der Waals surface area contributed by atoms with E-state index in [4.69, 9.17) is 4.98 Å². The third kappa shape index (κ3) is 3.88. The first-order valence-electron chi connectivity index (χ1n) is 10.2. The number of aryl methyl sites for hydroxylation is 2. The minimum atomic E-state index is -0.256. The van der Waals surface area contributed by atoms with Crippen LogP contribution in [0.5, 0.6) is 0 Å². The summed E-state index contributed by atoms with van der Waals surface area (Å²) < 4.78 is 1.71. The molecule has 0 aliphatic heterocycles. The van der Waals surface area contributed by atoms with Crippen molar-refractivity contribution in [3.63, 3.8) is 0 Å². The number of aromatic nitrogens is 5. The van der Waals surface area contributed by atoms with Gasteiger partial charge in [-0.15, -0.1) is 10.2 Å². The summed E-state index contributed by atoms with van der Waals surface area (Å²) in [6, 6.07) is 21.7. The standard InChI is InChI=1S/C24H20N6OS/c1-15-21-18(14-19(17-11-7-4-8-12-17)25-22(21)30(2)29-15)23(31)26-24-28-27-20(32-24)13-16-9-5-3-6-10-16/h3-12,14H,13H2,1-2H3,(H,26,28,31). The van der Waals surface area contributed by atoms with Gasteiger partial charge in [0.25, 0.3) is 5.91 Å². The molecule has 0 unspecified atom stereocenters. The summed E-state index contributed by atoms with van der Waals surface area (Å²) in [5, 5.41) is 17.8. The summed E-state index contributed by atoms with van der Waals surface area (Å²) in [5.74, 6) is -0.256. The molecule has 0 aliphatic rings. The van der Waals surface area contributed by atoms with E-state index < -0.39 is 0 Å². The number of hydrogen-bond acceptors (Lipinski definition) is 6. The zero-order chi connectivity index (χ0) is 22.1. The van der Waals surface area contributed by atoms with Gasteiger partial charge in [-0.05, 0) is 18.6 Å². The van der Waals surface area contributed by atoms with E-state index in [1.165, 1.54) is 11.3 Å². The van der Waals surface area contributed by atoms with E-state index in [1.54, 1.807) is 4.68 Å². The second-order valence-electron chi connectivity index (χ2n) is 7.45. The number of anilines is 1. The fourth-order valence-corrected chi connectivity index (χ4v) is 4.46. The molecule has 3 heterocycles. The number of nitrogens with one attached hydrogen (secondary N) is 1. The second-order valence-corrected chi connectivity index (χ2v) is 8.51. The lowest BCUT2D eigenvalue weighted by Crippen LogP contribution is -2.13. The van der Waals surface area contributed by atoms with Gasteiger partial charge in [0.05, 0.1) is 22.3 Å². The monoisotopic (exact) mass is 440 g/mol. The first-order chi connectivity index (χ1) is 15.6. The van der Waals surface area contributed by atoms with Crippen molar-refractivity contribution in [2.45, 2.75) is 13.3 Å². The van der Waals surface area contributed by atoms with Gasteiger partial charge >= 0.3 is 0 Å². The van der Waals surface area contributed by atoms with Gasteiger partial charge in [0.2, 0.25) is 5.13 Å². The van der Waals surface area contributed by atoms with Crippen molar-refractivity contribution in [2.24, 2.45) is 7.05 Å². The molecule has 0 saturated heterocycles. The molecular weight excluding hydrogens is 420 g/mol. The number of hydrogen-bond donors (Lipinski definition) is 1. The third-order valence-electron chi connectivity index (χ3n) is 5.17. The lowest BCUT2D eigenvalue weighted by atomic mass is 10.1. The van der Waals surface area contributed by atoms with Crippen molar-refractivity contribution in [3.8, 4) is 11.3 Å². The van der Waals surface area contributed by atoms with Gasteiger partial charge in [0.15, 0.2) is 5.65 Å². The molecule has 0 aliphatic carbocycles. The van der Waals surface area contributed by atoms with Crippen LogP contribution in [0.4, 0.5) is 5.13 Å². The molecule has 0 saturated carbocycles. The summed E-state index contributed by atoms with van der Waals surface area (Å²) >= 11 is 1.38. The van der Waals surface area contributed by atoms with Crippen molar-refractivity contribution in [3.05, 3.63) is 88.6 Å². The van der Waals surface area contributed by atoms with Gasteiger partial charge in [0.1, 0.15) is 5.01 Å². The number of fused-ring (bicyclic) bond motifs is 1. The smallest absolute Gasteiger partial charge is 0.258 e. The molecule has 32 heavy (non-hydrogen) atoms. The van der Waals surface area contributed by atoms with Crippen LogP contribution >= 0.6 is 11.3 Å². The molecular formula is C24H20N6OS. The Labute approximate surface area is 188 Å². The first kappa shape index (κ1) is 20.0. The highest BCUT2D eigenvalue weighted by molar-refractivity contribution is 7.15. The fourth-order valence-electron chi connectivity index (χ4n) is 3.69. The summed E-state index contributed by atoms with van der Waals surface area (Å²) in [4.78, 5) is 18.1. The van der Waals surface area contributed by atoms with Crippen LogP contribution in [-0.4, -0.2) is 30.9 Å². The summed E-state index contributed by atoms with van der Waals surface area (Å²) in [7, 11) is 1.83. The van der Waals surface area contributed by atoms with Crippen LogP contribution in [0, 0.1) is 6.92 Å². The van der Waals surface area contributed by atoms with Crippen LogP contribution in [0.25, 0.3) is 22.3 Å². The van der Waals surface area contributed by atoms with Crippen LogP contribution in [-0.2, 0) is 13.5 Å². The van der Waals surface area contributed by atoms with Gasteiger partial charge in [-0.25, -0.2) is 4.98 Å². The van der Waals surface area contributed by atoms with Crippen molar-refractivity contribution < 1.29 is 4.79 Å². The number of amides is 1. The second kappa shape index (κ2) is 8.32. The normalized spacial score (nSPS) is 11.1. The Kier molecular flexibility index (Phi) is 5.20. The predicted octanol–water partition coefficient (Wildman–Crippen LogP) is 4.64. The van der Waals surface area contributed by atoms with Crippen molar-refractivity contribution in [2.75, 3.05) is 5.32 Å². The molecule has 7 nitrogen and oxygen atoms in total. The van der Waals surface area contributed by atoms with Crippen LogP contribution < -0.4 is 5.32 Å². The molecule has 3 aromatic heterocycles. The van der Waals surface area contributed by atoms with E-state index >= 15 is 0 Å². The molecule has 2 aromatic carbocycles. The largest absolute Gasteiger partial charge is 0.296 e. The number of nitrogens with zero attached hydrogens (tertiary/aromatic N) is 5. The molecule has 5 rings (SSSR count). The number of carbonyl (C=O) groups is 1. The highest BCUT2D eigenvalue weighted by atomic mass is 32.1. The highest BCUT2D eigenvalue weighted by Gasteiger charge is 2.20. The molecule has 1 N–H and O–H groups in total. The van der Waals surface area contributed by atoms with Crippen molar-refractivity contribution >= 4 is 33.4 Å². The van der Waals surface area contributed by atoms with E-state index in [-0.39, 0.29) is 5.91 Å². The van der Waals surface area contributed by atoms with E-state index in [9.17, 15) is 4.79 Å². The molecule has 0 radical (unpaired) electrons. The number of pyridine rings is 1. The Morgan fingerprint density at radius 3 is 2.50 bits per heavy atom. The van der Waals surface area contributed by atoms with Gasteiger partial charge in [-0.2, -0.15) is 5.10 Å². The van der Waals surface area contributed by atoms with Crippen LogP contribution in [0.15, 0.2) is 66.7 Å². The Morgan fingerprint density at radius 1 is 1.03 bits per heavy atom. The maximum atomic E-state index is 13.3. The molecule has 0 fully saturated rings. The molecule has 8 heteroatoms. The highest BCUT2D eigenvalue weighted by Crippen LogP contribution is 2.28. The molecule has 0 bridgehead atoms. The Morgan fingerprint density at radius 2 is 1.75 bits per heavy atom. The molecule has 1 amide bonds. The molecule has 0 spiro atoms. The lowest BCUT2D eigenvalue weighted by molar-refractivity contribution is 0.102. The quantitative estimate of drug-likeness (QED) is 0.430. The van der Waals surface area contributed by atoms with Crippen LogP contribution in [0.1, 0.15) is 26.6 Å². The van der Waals surface area contributed by atoms with Crippen molar-refractivity contribution in [1.82, 2.24) is 25.0 Å². The average Bonchev–Trinajstić information content (AvgIpc) is 3.37. The zero-order valence-electron chi connectivity index (χ0n) is 17.6. The number of rotatable bonds is 5. The van der Waals surface area contributed by atoms with Crippen molar-refractivity contribution in [1.29, 1.82) is 0 Å². The maximum Gasteiger partial charge on any atom is 0.258 e. The Hall–Kier alpha value is -3.91. The van der Waals surface area contributed by atoms with Crippen LogP contribution in [0.3, 0.4) is 0 Å².